The van der Waals surface area contributed by atoms with E-state index in [-0.39, 0.29) is 18.5 Å². The first-order chi connectivity index (χ1) is 7.56. The number of rotatable bonds is 7. The molecule has 0 rings (SSSR count). The van der Waals surface area contributed by atoms with E-state index in [0.29, 0.717) is 6.42 Å². The molecule has 0 aromatic carbocycles. The van der Waals surface area contributed by atoms with Crippen LogP contribution in [0.5, 0.6) is 0 Å². The molecule has 0 saturated heterocycles. The molecule has 102 valence electrons. The third-order valence-electron chi connectivity index (χ3n) is 2.78. The maximum Gasteiger partial charge on any atom is 0.220 e. The number of amides is 1. The van der Waals surface area contributed by atoms with Gasteiger partial charge in [-0.05, 0) is 33.6 Å². The van der Waals surface area contributed by atoms with Crippen LogP contribution in [0.4, 0.5) is 0 Å². The van der Waals surface area contributed by atoms with E-state index < -0.39 is 14.6 Å². The first-order valence-corrected chi connectivity index (χ1v) is 7.67. The molecule has 0 bridgehead atoms. The van der Waals surface area contributed by atoms with Crippen molar-refractivity contribution in [3.05, 3.63) is 0 Å². The highest BCUT2D eigenvalue weighted by Gasteiger charge is 2.30. The smallest absolute Gasteiger partial charge is 0.220 e. The molecule has 0 aliphatic carbocycles. The minimum atomic E-state index is -3.17. The molecule has 6 heteroatoms. The minimum Gasteiger partial charge on any atom is -0.355 e. The number of carbonyl (C=O) groups is 1. The lowest BCUT2D eigenvalue weighted by atomic mass is 10.1. The van der Waals surface area contributed by atoms with Crippen LogP contribution in [0.15, 0.2) is 0 Å². The normalized spacial score (nSPS) is 14.4. The van der Waals surface area contributed by atoms with E-state index in [9.17, 15) is 13.2 Å². The molecular formula is C11H24N2O3S. The third kappa shape index (κ3) is 6.63. The summed E-state index contributed by atoms with van der Waals surface area (Å²) in [6, 6.07) is 0.0928. The van der Waals surface area contributed by atoms with Crippen molar-refractivity contribution in [2.24, 2.45) is 5.73 Å². The summed E-state index contributed by atoms with van der Waals surface area (Å²) in [5.41, 5.74) is 5.57. The van der Waals surface area contributed by atoms with Crippen molar-refractivity contribution in [1.82, 2.24) is 5.32 Å². The van der Waals surface area contributed by atoms with Gasteiger partial charge in [-0.15, -0.1) is 0 Å². The Morgan fingerprint density at radius 1 is 1.41 bits per heavy atom. The number of nitrogens with one attached hydrogen (secondary N) is 1. The van der Waals surface area contributed by atoms with Crippen LogP contribution in [-0.4, -0.2) is 37.9 Å². The lowest BCUT2D eigenvalue weighted by Crippen LogP contribution is -2.43. The van der Waals surface area contributed by atoms with Crippen LogP contribution in [0.25, 0.3) is 0 Å². The van der Waals surface area contributed by atoms with Gasteiger partial charge in [0.15, 0.2) is 9.84 Å². The highest BCUT2D eigenvalue weighted by atomic mass is 32.2. The topological polar surface area (TPSA) is 89.3 Å². The van der Waals surface area contributed by atoms with Gasteiger partial charge in [0, 0.05) is 25.3 Å². The van der Waals surface area contributed by atoms with Crippen molar-refractivity contribution < 1.29 is 13.2 Å². The highest BCUT2D eigenvalue weighted by molar-refractivity contribution is 7.92. The fourth-order valence-corrected chi connectivity index (χ4v) is 1.45. The fourth-order valence-electron chi connectivity index (χ4n) is 1.12. The molecule has 0 heterocycles. The Labute approximate surface area is 104 Å². The van der Waals surface area contributed by atoms with Gasteiger partial charge in [0.05, 0.1) is 4.75 Å². The van der Waals surface area contributed by atoms with Crippen LogP contribution in [0.1, 0.15) is 40.0 Å². The van der Waals surface area contributed by atoms with Gasteiger partial charge < -0.3 is 11.1 Å². The average molecular weight is 264 g/mol. The first-order valence-electron chi connectivity index (χ1n) is 5.78. The molecular weight excluding hydrogens is 240 g/mol. The van der Waals surface area contributed by atoms with Gasteiger partial charge in [0.25, 0.3) is 0 Å². The van der Waals surface area contributed by atoms with Crippen LogP contribution < -0.4 is 11.1 Å². The predicted molar refractivity (Wildman–Crippen MR) is 69.4 cm³/mol. The Morgan fingerprint density at radius 2 is 1.94 bits per heavy atom. The largest absolute Gasteiger partial charge is 0.355 e. The Hall–Kier alpha value is -0.620. The van der Waals surface area contributed by atoms with Gasteiger partial charge in [0.2, 0.25) is 5.91 Å². The second-order valence-electron chi connectivity index (χ2n) is 5.18. The number of carbonyl (C=O) groups excluding carboxylic acids is 1. The second kappa shape index (κ2) is 6.35. The van der Waals surface area contributed by atoms with Crippen molar-refractivity contribution in [1.29, 1.82) is 0 Å². The van der Waals surface area contributed by atoms with Gasteiger partial charge in [-0.1, -0.05) is 0 Å². The van der Waals surface area contributed by atoms with Crippen LogP contribution in [0.3, 0.4) is 0 Å². The molecule has 0 aliphatic heterocycles. The molecule has 0 radical (unpaired) electrons. The van der Waals surface area contributed by atoms with Gasteiger partial charge in [-0.3, -0.25) is 4.79 Å². The van der Waals surface area contributed by atoms with E-state index in [1.807, 2.05) is 6.92 Å². The molecule has 5 nitrogen and oxygen atoms in total. The van der Waals surface area contributed by atoms with E-state index in [2.05, 4.69) is 5.32 Å². The van der Waals surface area contributed by atoms with E-state index in [1.54, 1.807) is 13.8 Å². The zero-order valence-corrected chi connectivity index (χ0v) is 11.9. The van der Waals surface area contributed by atoms with E-state index in [0.717, 1.165) is 12.8 Å². The molecule has 1 unspecified atom stereocenters. The summed E-state index contributed by atoms with van der Waals surface area (Å²) in [6.45, 7) is 5.24. The van der Waals surface area contributed by atoms with E-state index >= 15 is 0 Å². The van der Waals surface area contributed by atoms with Gasteiger partial charge in [-0.2, -0.15) is 0 Å². The Bertz CT molecular complexity index is 348. The molecule has 0 aliphatic rings. The predicted octanol–water partition coefficient (Wildman–Crippen LogP) is 0.443. The summed E-state index contributed by atoms with van der Waals surface area (Å²) in [4.78, 5) is 11.5. The first kappa shape index (κ1) is 16.4. The van der Waals surface area contributed by atoms with Crippen LogP contribution in [0, 0.1) is 0 Å². The molecule has 1 amide bonds. The lowest BCUT2D eigenvalue weighted by molar-refractivity contribution is -0.121. The number of hydrogen-bond donors (Lipinski definition) is 2. The molecule has 0 saturated carbocycles. The zero-order chi connectivity index (χ0) is 13.7. The summed E-state index contributed by atoms with van der Waals surface area (Å²) in [5, 5.41) is 2.64. The number of hydrogen-bond acceptors (Lipinski definition) is 4. The molecule has 3 N–H and O–H groups in total. The summed E-state index contributed by atoms with van der Waals surface area (Å²) in [7, 11) is -3.17. The van der Waals surface area contributed by atoms with Crippen LogP contribution in [0.2, 0.25) is 0 Å². The Morgan fingerprint density at radius 3 is 2.35 bits per heavy atom. The SMILES string of the molecule is CC(N)CCCC(=O)NCC(C)(C)S(C)(=O)=O. The van der Waals surface area contributed by atoms with Gasteiger partial charge >= 0.3 is 0 Å². The van der Waals surface area contributed by atoms with E-state index in [1.165, 1.54) is 6.26 Å². The molecule has 0 spiro atoms. The van der Waals surface area contributed by atoms with Crippen molar-refractivity contribution in [2.75, 3.05) is 12.8 Å². The fraction of sp³-hybridized carbons (Fsp3) is 0.909. The molecule has 0 aromatic heterocycles. The van der Waals surface area contributed by atoms with Crippen molar-refractivity contribution >= 4 is 15.7 Å². The van der Waals surface area contributed by atoms with Crippen LogP contribution in [-0.2, 0) is 14.6 Å². The Kier molecular flexibility index (Phi) is 6.12. The zero-order valence-electron chi connectivity index (χ0n) is 11.1. The molecule has 17 heavy (non-hydrogen) atoms. The number of nitrogens with two attached hydrogens (primary N) is 1. The Balaban J connectivity index is 4.01. The van der Waals surface area contributed by atoms with Crippen molar-refractivity contribution in [3.63, 3.8) is 0 Å². The quantitative estimate of drug-likeness (QED) is 0.698. The molecule has 0 aromatic rings. The maximum absolute atomic E-state index is 11.5. The average Bonchev–Trinajstić information content (AvgIpc) is 2.12. The molecule has 1 atom stereocenters. The molecule has 0 fully saturated rings. The standard InChI is InChI=1S/C11H24N2O3S/c1-9(12)6-5-7-10(14)13-8-11(2,3)17(4,15)16/h9H,5-8,12H2,1-4H3,(H,13,14). The van der Waals surface area contributed by atoms with E-state index in [4.69, 9.17) is 5.73 Å². The lowest BCUT2D eigenvalue weighted by Gasteiger charge is -2.22. The second-order valence-corrected chi connectivity index (χ2v) is 7.83. The maximum atomic E-state index is 11.5. The van der Waals surface area contributed by atoms with Gasteiger partial charge in [-0.25, -0.2) is 8.42 Å². The minimum absolute atomic E-state index is 0.0928. The third-order valence-corrected chi connectivity index (χ3v) is 4.93. The van der Waals surface area contributed by atoms with Crippen molar-refractivity contribution in [2.45, 2.75) is 50.8 Å². The highest BCUT2D eigenvalue weighted by Crippen LogP contribution is 2.13. The van der Waals surface area contributed by atoms with Crippen molar-refractivity contribution in [3.8, 4) is 0 Å². The number of sulfone groups is 1. The summed E-state index contributed by atoms with van der Waals surface area (Å²) in [5.74, 6) is -0.123. The summed E-state index contributed by atoms with van der Waals surface area (Å²) < 4.78 is 21.9. The van der Waals surface area contributed by atoms with Gasteiger partial charge in [0.1, 0.15) is 0 Å². The summed E-state index contributed by atoms with van der Waals surface area (Å²) >= 11 is 0. The monoisotopic (exact) mass is 264 g/mol. The summed E-state index contributed by atoms with van der Waals surface area (Å²) in [6.07, 6.45) is 3.09. The van der Waals surface area contributed by atoms with Crippen LogP contribution >= 0.6 is 0 Å².